The molecule has 0 aliphatic carbocycles. The Morgan fingerprint density at radius 3 is 2.88 bits per heavy atom. The number of benzene rings is 1. The number of thiazole rings is 1. The topological polar surface area (TPSA) is 46.8 Å². The highest BCUT2D eigenvalue weighted by Crippen LogP contribution is 2.29. The molecule has 3 heterocycles. The van der Waals surface area contributed by atoms with Gasteiger partial charge in [0.15, 0.2) is 4.96 Å². The van der Waals surface area contributed by atoms with E-state index in [9.17, 15) is 4.79 Å². The van der Waals surface area contributed by atoms with Crippen molar-refractivity contribution in [1.82, 2.24) is 14.3 Å². The first kappa shape index (κ1) is 16.3. The lowest BCUT2D eigenvalue weighted by molar-refractivity contribution is 0.323. The molecule has 1 aliphatic rings. The van der Waals surface area contributed by atoms with Crippen LogP contribution < -0.4 is 10.3 Å². The van der Waals surface area contributed by atoms with E-state index < -0.39 is 0 Å². The third kappa shape index (κ3) is 3.19. The largest absolute Gasteiger partial charge is 0.497 e. The van der Waals surface area contributed by atoms with Crippen LogP contribution in [0.15, 0.2) is 40.5 Å². The first-order chi connectivity index (χ1) is 12.1. The van der Waals surface area contributed by atoms with Gasteiger partial charge in [-0.1, -0.05) is 12.1 Å². The fraction of sp³-hybridized carbons (Fsp3) is 0.368. The second kappa shape index (κ2) is 6.61. The maximum Gasteiger partial charge on any atom is 0.259 e. The first-order valence-electron chi connectivity index (χ1n) is 8.47. The van der Waals surface area contributed by atoms with E-state index in [0.717, 1.165) is 48.2 Å². The summed E-state index contributed by atoms with van der Waals surface area (Å²) in [5.74, 6) is 1.42. The lowest BCUT2D eigenvalue weighted by Gasteiger charge is -2.16. The van der Waals surface area contributed by atoms with Gasteiger partial charge in [0.05, 0.1) is 12.8 Å². The molecule has 0 spiro atoms. The molecule has 0 unspecified atom stereocenters. The Labute approximate surface area is 150 Å². The van der Waals surface area contributed by atoms with Crippen LogP contribution in [-0.2, 0) is 6.54 Å². The van der Waals surface area contributed by atoms with Gasteiger partial charge in [0, 0.05) is 30.2 Å². The summed E-state index contributed by atoms with van der Waals surface area (Å²) < 4.78 is 6.91. The van der Waals surface area contributed by atoms with Gasteiger partial charge in [0.25, 0.3) is 5.56 Å². The highest BCUT2D eigenvalue weighted by atomic mass is 32.1. The molecule has 3 aromatic rings. The SMILES string of the molecule is COc1ccc([C@H]2CCN(Cc3cc(=O)n4c(C)csc4n3)C2)cc1. The molecule has 25 heavy (non-hydrogen) atoms. The van der Waals surface area contributed by atoms with Crippen LogP contribution in [0.25, 0.3) is 4.96 Å². The Kier molecular flexibility index (Phi) is 4.31. The molecule has 0 bridgehead atoms. The van der Waals surface area contributed by atoms with Gasteiger partial charge in [-0.15, -0.1) is 11.3 Å². The van der Waals surface area contributed by atoms with Gasteiger partial charge in [-0.05, 0) is 43.5 Å². The van der Waals surface area contributed by atoms with Gasteiger partial charge in [0.1, 0.15) is 5.75 Å². The van der Waals surface area contributed by atoms with E-state index in [1.54, 1.807) is 17.6 Å². The smallest absolute Gasteiger partial charge is 0.259 e. The van der Waals surface area contributed by atoms with Gasteiger partial charge in [-0.3, -0.25) is 14.1 Å². The molecule has 130 valence electrons. The second-order valence-corrected chi connectivity index (χ2v) is 7.41. The molecule has 2 aromatic heterocycles. The maximum atomic E-state index is 12.3. The van der Waals surface area contributed by atoms with Crippen molar-refractivity contribution >= 4 is 16.3 Å². The molecule has 1 saturated heterocycles. The van der Waals surface area contributed by atoms with Crippen molar-refractivity contribution in [3.05, 3.63) is 63.0 Å². The number of hydrogen-bond donors (Lipinski definition) is 0. The van der Waals surface area contributed by atoms with Gasteiger partial charge in [-0.25, -0.2) is 4.98 Å². The van der Waals surface area contributed by atoms with Crippen LogP contribution in [0.2, 0.25) is 0 Å². The summed E-state index contributed by atoms with van der Waals surface area (Å²) in [5.41, 5.74) is 3.18. The van der Waals surface area contributed by atoms with E-state index in [2.05, 4.69) is 22.0 Å². The average Bonchev–Trinajstić information content (AvgIpc) is 3.22. The highest BCUT2D eigenvalue weighted by molar-refractivity contribution is 7.15. The zero-order valence-electron chi connectivity index (χ0n) is 14.4. The number of aromatic nitrogens is 2. The summed E-state index contributed by atoms with van der Waals surface area (Å²) in [7, 11) is 1.69. The summed E-state index contributed by atoms with van der Waals surface area (Å²) in [6.45, 7) is 4.69. The molecule has 1 atom stereocenters. The van der Waals surface area contributed by atoms with Crippen LogP contribution in [-0.4, -0.2) is 34.5 Å². The van der Waals surface area contributed by atoms with Crippen molar-refractivity contribution in [3.63, 3.8) is 0 Å². The highest BCUT2D eigenvalue weighted by Gasteiger charge is 2.24. The predicted molar refractivity (Wildman–Crippen MR) is 99.7 cm³/mol. The zero-order chi connectivity index (χ0) is 17.4. The van der Waals surface area contributed by atoms with Crippen LogP contribution in [0.4, 0.5) is 0 Å². The molecule has 6 heteroatoms. The number of rotatable bonds is 4. The molecule has 0 radical (unpaired) electrons. The molecule has 0 saturated carbocycles. The van der Waals surface area contributed by atoms with E-state index in [1.807, 2.05) is 24.4 Å². The standard InChI is InChI=1S/C19H21N3O2S/c1-13-12-25-19-20-16(9-18(23)22(13)19)11-21-8-7-15(10-21)14-3-5-17(24-2)6-4-14/h3-6,9,12,15H,7-8,10-11H2,1-2H3/t15-/m0/s1. The monoisotopic (exact) mass is 355 g/mol. The van der Waals surface area contributed by atoms with Crippen molar-refractivity contribution in [2.45, 2.75) is 25.8 Å². The maximum absolute atomic E-state index is 12.3. The quantitative estimate of drug-likeness (QED) is 0.722. The van der Waals surface area contributed by atoms with E-state index in [0.29, 0.717) is 5.92 Å². The van der Waals surface area contributed by atoms with Crippen LogP contribution in [0.5, 0.6) is 5.75 Å². The molecule has 1 aliphatic heterocycles. The number of methoxy groups -OCH3 is 1. The molecule has 1 fully saturated rings. The molecule has 0 N–H and O–H groups in total. The van der Waals surface area contributed by atoms with Crippen LogP contribution in [0.3, 0.4) is 0 Å². The van der Waals surface area contributed by atoms with Gasteiger partial charge in [0.2, 0.25) is 0 Å². The van der Waals surface area contributed by atoms with Crippen molar-refractivity contribution in [2.75, 3.05) is 20.2 Å². The summed E-state index contributed by atoms with van der Waals surface area (Å²) in [6, 6.07) is 10.0. The summed E-state index contributed by atoms with van der Waals surface area (Å²) >= 11 is 1.52. The van der Waals surface area contributed by atoms with Crippen LogP contribution in [0.1, 0.15) is 29.3 Å². The molecule has 1 aromatic carbocycles. The lowest BCUT2D eigenvalue weighted by atomic mass is 9.98. The van der Waals surface area contributed by atoms with Crippen molar-refractivity contribution < 1.29 is 4.74 Å². The van der Waals surface area contributed by atoms with Crippen LogP contribution >= 0.6 is 11.3 Å². The molecular formula is C19H21N3O2S. The average molecular weight is 355 g/mol. The Bertz CT molecular complexity index is 945. The van der Waals surface area contributed by atoms with Crippen LogP contribution in [0, 0.1) is 6.92 Å². The zero-order valence-corrected chi connectivity index (χ0v) is 15.3. The predicted octanol–water partition coefficient (Wildman–Crippen LogP) is 3.06. The third-order valence-corrected chi connectivity index (χ3v) is 5.82. The van der Waals surface area contributed by atoms with E-state index >= 15 is 0 Å². The van der Waals surface area contributed by atoms with E-state index in [4.69, 9.17) is 4.74 Å². The summed E-state index contributed by atoms with van der Waals surface area (Å²) in [4.78, 5) is 20.1. The molecule has 0 amide bonds. The number of likely N-dealkylation sites (tertiary alicyclic amines) is 1. The van der Waals surface area contributed by atoms with Crippen molar-refractivity contribution in [1.29, 1.82) is 0 Å². The summed E-state index contributed by atoms with van der Waals surface area (Å²) in [5, 5.41) is 1.98. The number of aryl methyl sites for hydroxylation is 1. The fourth-order valence-electron chi connectivity index (χ4n) is 3.54. The minimum atomic E-state index is 0.0182. The number of hydrogen-bond acceptors (Lipinski definition) is 5. The van der Waals surface area contributed by atoms with Crippen molar-refractivity contribution in [2.24, 2.45) is 0 Å². The fourth-order valence-corrected chi connectivity index (χ4v) is 4.43. The molecular weight excluding hydrogens is 334 g/mol. The normalized spacial score (nSPS) is 18.1. The molecule has 5 nitrogen and oxygen atoms in total. The van der Waals surface area contributed by atoms with Gasteiger partial charge < -0.3 is 4.74 Å². The second-order valence-electron chi connectivity index (χ2n) is 6.57. The molecule has 4 rings (SSSR count). The Hall–Kier alpha value is -2.18. The van der Waals surface area contributed by atoms with Crippen molar-refractivity contribution in [3.8, 4) is 5.75 Å². The van der Waals surface area contributed by atoms with Gasteiger partial charge >= 0.3 is 0 Å². The number of fused-ring (bicyclic) bond motifs is 1. The Morgan fingerprint density at radius 2 is 2.12 bits per heavy atom. The van der Waals surface area contributed by atoms with E-state index in [1.165, 1.54) is 16.9 Å². The van der Waals surface area contributed by atoms with E-state index in [-0.39, 0.29) is 5.56 Å². The lowest BCUT2D eigenvalue weighted by Crippen LogP contribution is -2.23. The third-order valence-electron chi connectivity index (χ3n) is 4.87. The minimum Gasteiger partial charge on any atom is -0.497 e. The minimum absolute atomic E-state index is 0.0182. The summed E-state index contributed by atoms with van der Waals surface area (Å²) in [6.07, 6.45) is 1.13. The number of ether oxygens (including phenoxy) is 1. The number of nitrogens with zero attached hydrogens (tertiary/aromatic N) is 3. The Balaban J connectivity index is 1.48. The van der Waals surface area contributed by atoms with Gasteiger partial charge in [-0.2, -0.15) is 0 Å². The first-order valence-corrected chi connectivity index (χ1v) is 9.35. The Morgan fingerprint density at radius 1 is 1.32 bits per heavy atom.